The minimum atomic E-state index is -0.207. The molecule has 2 aromatic carbocycles. The van der Waals surface area contributed by atoms with Gasteiger partial charge in [0.15, 0.2) is 0 Å². The summed E-state index contributed by atoms with van der Waals surface area (Å²) in [6.07, 6.45) is 0. The Morgan fingerprint density at radius 3 is 2.68 bits per heavy atom. The molecule has 1 aromatic heterocycles. The van der Waals surface area contributed by atoms with Crippen molar-refractivity contribution in [3.63, 3.8) is 0 Å². The molecule has 0 aliphatic rings. The van der Waals surface area contributed by atoms with Gasteiger partial charge in [-0.05, 0) is 53.1 Å². The van der Waals surface area contributed by atoms with Gasteiger partial charge in [0.25, 0.3) is 0 Å². The van der Waals surface area contributed by atoms with Crippen molar-refractivity contribution in [3.05, 3.63) is 59.1 Å². The lowest BCUT2D eigenvalue weighted by Crippen LogP contribution is -2.20. The smallest absolute Gasteiger partial charge is 0.248 e. The topological polar surface area (TPSA) is 72.7 Å². The van der Waals surface area contributed by atoms with Crippen molar-refractivity contribution < 1.29 is 4.79 Å². The normalized spacial score (nSPS) is 10.9. The molecule has 0 bridgehead atoms. The summed E-state index contributed by atoms with van der Waals surface area (Å²) in [5.41, 5.74) is 2.72. The summed E-state index contributed by atoms with van der Waals surface area (Å²) in [6.45, 7) is 4.21. The van der Waals surface area contributed by atoms with Crippen LogP contribution < -0.4 is 5.32 Å². The highest BCUT2D eigenvalue weighted by atomic mass is 35.5. The third-order valence-corrected chi connectivity index (χ3v) is 3.93. The largest absolute Gasteiger partial charge is 0.324 e. The van der Waals surface area contributed by atoms with Gasteiger partial charge in [-0.2, -0.15) is 4.80 Å². The third-order valence-electron chi connectivity index (χ3n) is 3.68. The minimum Gasteiger partial charge on any atom is -0.324 e. The first-order valence-corrected chi connectivity index (χ1v) is 8.32. The Morgan fingerprint density at radius 2 is 1.96 bits per heavy atom. The number of amides is 1. The van der Waals surface area contributed by atoms with Crippen LogP contribution in [0.1, 0.15) is 25.3 Å². The monoisotopic (exact) mass is 355 g/mol. The fourth-order valence-corrected chi connectivity index (χ4v) is 2.46. The van der Waals surface area contributed by atoms with Crippen LogP contribution in [0.4, 0.5) is 5.69 Å². The van der Waals surface area contributed by atoms with Gasteiger partial charge in [0, 0.05) is 16.3 Å². The molecular weight excluding hydrogens is 338 g/mol. The quantitative estimate of drug-likeness (QED) is 0.756. The summed E-state index contributed by atoms with van der Waals surface area (Å²) < 4.78 is 0. The molecular formula is C18H18ClN5O. The van der Waals surface area contributed by atoms with E-state index in [-0.39, 0.29) is 12.5 Å². The average molecular weight is 356 g/mol. The van der Waals surface area contributed by atoms with Crippen LogP contribution in [0.2, 0.25) is 5.02 Å². The molecule has 0 saturated heterocycles. The van der Waals surface area contributed by atoms with Gasteiger partial charge in [-0.25, -0.2) is 0 Å². The van der Waals surface area contributed by atoms with E-state index in [1.165, 1.54) is 10.4 Å². The summed E-state index contributed by atoms with van der Waals surface area (Å²) >= 11 is 5.87. The highest BCUT2D eigenvalue weighted by molar-refractivity contribution is 6.30. The Balaban J connectivity index is 1.65. The van der Waals surface area contributed by atoms with Crippen molar-refractivity contribution in [2.75, 3.05) is 5.32 Å². The van der Waals surface area contributed by atoms with Gasteiger partial charge >= 0.3 is 0 Å². The molecule has 0 aliphatic carbocycles. The second-order valence-corrected chi connectivity index (χ2v) is 6.42. The van der Waals surface area contributed by atoms with Gasteiger partial charge < -0.3 is 5.32 Å². The Bertz CT molecular complexity index is 873. The standard InChI is InChI=1S/C18H18ClN5O/c1-12(2)14-4-3-5-16(10-14)20-17(25)11-24-22-18(21-23-24)13-6-8-15(19)9-7-13/h3-10,12H,11H2,1-2H3,(H,20,25). The maximum absolute atomic E-state index is 12.2. The molecule has 3 rings (SSSR count). The zero-order valence-electron chi connectivity index (χ0n) is 14.0. The van der Waals surface area contributed by atoms with Crippen molar-refractivity contribution in [3.8, 4) is 11.4 Å². The number of hydrogen-bond acceptors (Lipinski definition) is 4. The number of carbonyl (C=O) groups excluding carboxylic acids is 1. The number of tetrazole rings is 1. The zero-order chi connectivity index (χ0) is 17.8. The van der Waals surface area contributed by atoms with Gasteiger partial charge in [-0.15, -0.1) is 10.2 Å². The number of nitrogens with zero attached hydrogens (tertiary/aromatic N) is 4. The number of nitrogens with one attached hydrogen (secondary N) is 1. The van der Waals surface area contributed by atoms with Crippen molar-refractivity contribution in [1.29, 1.82) is 0 Å². The van der Waals surface area contributed by atoms with Crippen LogP contribution in [0, 0.1) is 0 Å². The molecule has 6 nitrogen and oxygen atoms in total. The van der Waals surface area contributed by atoms with Gasteiger partial charge in [0.2, 0.25) is 11.7 Å². The molecule has 0 atom stereocenters. The summed E-state index contributed by atoms with van der Waals surface area (Å²) in [6, 6.07) is 14.9. The highest BCUT2D eigenvalue weighted by Gasteiger charge is 2.10. The van der Waals surface area contributed by atoms with Crippen LogP contribution in [0.25, 0.3) is 11.4 Å². The van der Waals surface area contributed by atoms with Gasteiger partial charge in [0.05, 0.1) is 0 Å². The molecule has 7 heteroatoms. The van der Waals surface area contributed by atoms with Crippen molar-refractivity contribution in [1.82, 2.24) is 20.2 Å². The first-order chi connectivity index (χ1) is 12.0. The Kier molecular flexibility index (Phi) is 5.09. The molecule has 25 heavy (non-hydrogen) atoms. The van der Waals surface area contributed by atoms with Crippen molar-refractivity contribution in [2.45, 2.75) is 26.3 Å². The van der Waals surface area contributed by atoms with Crippen LogP contribution in [-0.2, 0) is 11.3 Å². The molecule has 0 aliphatic heterocycles. The lowest BCUT2D eigenvalue weighted by molar-refractivity contribution is -0.117. The first kappa shape index (κ1) is 17.1. The maximum atomic E-state index is 12.2. The van der Waals surface area contributed by atoms with E-state index in [0.717, 1.165) is 11.3 Å². The van der Waals surface area contributed by atoms with E-state index >= 15 is 0 Å². The molecule has 0 unspecified atom stereocenters. The lowest BCUT2D eigenvalue weighted by Gasteiger charge is -2.09. The number of anilines is 1. The summed E-state index contributed by atoms with van der Waals surface area (Å²) in [4.78, 5) is 13.5. The predicted molar refractivity (Wildman–Crippen MR) is 97.4 cm³/mol. The van der Waals surface area contributed by atoms with E-state index in [9.17, 15) is 4.79 Å². The Hall–Kier alpha value is -2.73. The van der Waals surface area contributed by atoms with Crippen LogP contribution >= 0.6 is 11.6 Å². The third kappa shape index (κ3) is 4.42. The van der Waals surface area contributed by atoms with E-state index in [1.807, 2.05) is 24.3 Å². The summed E-state index contributed by atoms with van der Waals surface area (Å²) in [7, 11) is 0. The molecule has 1 amide bonds. The summed E-state index contributed by atoms with van der Waals surface area (Å²) in [5.74, 6) is 0.642. The van der Waals surface area contributed by atoms with Gasteiger partial charge in [-0.1, -0.05) is 37.6 Å². The van der Waals surface area contributed by atoms with E-state index in [1.54, 1.807) is 24.3 Å². The molecule has 1 heterocycles. The average Bonchev–Trinajstić information content (AvgIpc) is 3.04. The van der Waals surface area contributed by atoms with Gasteiger partial charge in [-0.3, -0.25) is 4.79 Å². The highest BCUT2D eigenvalue weighted by Crippen LogP contribution is 2.19. The minimum absolute atomic E-state index is 0.00744. The molecule has 3 aromatic rings. The molecule has 0 saturated carbocycles. The zero-order valence-corrected chi connectivity index (χ0v) is 14.7. The fraction of sp³-hybridized carbons (Fsp3) is 0.222. The predicted octanol–water partition coefficient (Wildman–Crippen LogP) is 3.76. The molecule has 0 radical (unpaired) electrons. The fourth-order valence-electron chi connectivity index (χ4n) is 2.33. The molecule has 128 valence electrons. The maximum Gasteiger partial charge on any atom is 0.248 e. The van der Waals surface area contributed by atoms with Crippen LogP contribution in [0.5, 0.6) is 0 Å². The Labute approximate surface area is 150 Å². The van der Waals surface area contributed by atoms with E-state index < -0.39 is 0 Å². The molecule has 1 N–H and O–H groups in total. The summed E-state index contributed by atoms with van der Waals surface area (Å²) in [5, 5.41) is 15.6. The number of halogens is 1. The first-order valence-electron chi connectivity index (χ1n) is 7.95. The number of benzene rings is 2. The lowest BCUT2D eigenvalue weighted by atomic mass is 10.0. The van der Waals surface area contributed by atoms with Crippen molar-refractivity contribution in [2.24, 2.45) is 0 Å². The van der Waals surface area contributed by atoms with Gasteiger partial charge in [0.1, 0.15) is 6.54 Å². The van der Waals surface area contributed by atoms with E-state index in [2.05, 4.69) is 34.6 Å². The SMILES string of the molecule is CC(C)c1cccc(NC(=O)Cn2nnc(-c3ccc(Cl)cc3)n2)c1. The number of carbonyl (C=O) groups is 1. The van der Waals surface area contributed by atoms with E-state index in [4.69, 9.17) is 11.6 Å². The number of rotatable bonds is 5. The second kappa shape index (κ2) is 7.44. The number of aromatic nitrogens is 4. The van der Waals surface area contributed by atoms with Crippen LogP contribution in [-0.4, -0.2) is 26.1 Å². The molecule has 0 spiro atoms. The Morgan fingerprint density at radius 1 is 1.20 bits per heavy atom. The number of hydrogen-bond donors (Lipinski definition) is 1. The van der Waals surface area contributed by atoms with E-state index in [0.29, 0.717) is 16.8 Å². The van der Waals surface area contributed by atoms with Crippen molar-refractivity contribution >= 4 is 23.2 Å². The molecule has 0 fully saturated rings. The van der Waals surface area contributed by atoms with Crippen LogP contribution in [0.15, 0.2) is 48.5 Å². The second-order valence-electron chi connectivity index (χ2n) is 5.98. The van der Waals surface area contributed by atoms with Crippen LogP contribution in [0.3, 0.4) is 0 Å².